The van der Waals surface area contributed by atoms with E-state index in [-0.39, 0.29) is 28.8 Å². The highest BCUT2D eigenvalue weighted by Gasteiger charge is 2.26. The van der Waals surface area contributed by atoms with E-state index in [0.717, 1.165) is 10.6 Å². The highest BCUT2D eigenvalue weighted by Crippen LogP contribution is 2.34. The maximum absolute atomic E-state index is 13.3. The molecule has 1 fully saturated rings. The van der Waals surface area contributed by atoms with Gasteiger partial charge in [-0.25, -0.2) is 21.8 Å². The predicted molar refractivity (Wildman–Crippen MR) is 187 cm³/mol. The van der Waals surface area contributed by atoms with Gasteiger partial charge in [-0.15, -0.1) is 0 Å². The SMILES string of the molecule is CS(=O)(=O)N(CC(=O)N1CCNCC1)c1ccc(N=C(c2ccccc2)c2c(O)[nH]c3ccc(S(=O)(=O)Nc4ccccc4)cc23)cc1. The second-order valence-electron chi connectivity index (χ2n) is 11.3. The van der Waals surface area contributed by atoms with E-state index in [1.165, 1.54) is 12.1 Å². The third-order valence-electron chi connectivity index (χ3n) is 7.90. The molecule has 0 radical (unpaired) electrons. The van der Waals surface area contributed by atoms with Gasteiger partial charge in [-0.1, -0.05) is 48.5 Å². The van der Waals surface area contributed by atoms with Crippen LogP contribution in [0.3, 0.4) is 0 Å². The third kappa shape index (κ3) is 7.20. The Morgan fingerprint density at radius 2 is 1.54 bits per heavy atom. The lowest BCUT2D eigenvalue weighted by atomic mass is 10.0. The van der Waals surface area contributed by atoms with Gasteiger partial charge < -0.3 is 20.3 Å². The molecule has 0 saturated carbocycles. The Kier molecular flexibility index (Phi) is 9.22. The normalized spacial score (nSPS) is 14.2. The minimum atomic E-state index is -3.97. The summed E-state index contributed by atoms with van der Waals surface area (Å²) in [7, 11) is -7.76. The summed E-state index contributed by atoms with van der Waals surface area (Å²) < 4.78 is 55.8. The van der Waals surface area contributed by atoms with E-state index in [9.17, 15) is 26.7 Å². The monoisotopic (exact) mass is 686 g/mol. The van der Waals surface area contributed by atoms with Crippen molar-refractivity contribution in [3.63, 3.8) is 0 Å². The molecular weight excluding hydrogens is 653 g/mol. The molecule has 1 amide bonds. The van der Waals surface area contributed by atoms with E-state index in [1.807, 2.05) is 30.3 Å². The fourth-order valence-electron chi connectivity index (χ4n) is 5.50. The van der Waals surface area contributed by atoms with Crippen LogP contribution in [0.25, 0.3) is 10.9 Å². The molecule has 2 heterocycles. The van der Waals surface area contributed by atoms with Gasteiger partial charge in [0.2, 0.25) is 15.9 Å². The van der Waals surface area contributed by atoms with Crippen LogP contribution in [-0.2, 0) is 24.8 Å². The van der Waals surface area contributed by atoms with Crippen LogP contribution >= 0.6 is 0 Å². The fourth-order valence-corrected chi connectivity index (χ4v) is 7.44. The van der Waals surface area contributed by atoms with Crippen molar-refractivity contribution in [1.82, 2.24) is 15.2 Å². The number of carbonyl (C=O) groups is 1. The molecule has 0 spiro atoms. The molecule has 6 rings (SSSR count). The minimum Gasteiger partial charge on any atom is -0.494 e. The van der Waals surface area contributed by atoms with Crippen molar-refractivity contribution in [3.8, 4) is 5.88 Å². The Morgan fingerprint density at radius 1 is 0.896 bits per heavy atom. The second-order valence-corrected chi connectivity index (χ2v) is 14.9. The van der Waals surface area contributed by atoms with Gasteiger partial charge in [0.25, 0.3) is 10.0 Å². The average Bonchev–Trinajstić information content (AvgIpc) is 3.41. The van der Waals surface area contributed by atoms with Crippen molar-refractivity contribution in [1.29, 1.82) is 0 Å². The predicted octanol–water partition coefficient (Wildman–Crippen LogP) is 4.04. The first-order valence-corrected chi connectivity index (χ1v) is 18.5. The van der Waals surface area contributed by atoms with E-state index >= 15 is 0 Å². The van der Waals surface area contributed by atoms with Crippen LogP contribution in [0.1, 0.15) is 11.1 Å². The Balaban J connectivity index is 1.38. The first-order chi connectivity index (χ1) is 23.0. The van der Waals surface area contributed by atoms with Crippen LogP contribution in [0.2, 0.25) is 0 Å². The smallest absolute Gasteiger partial charge is 0.261 e. The Hall–Kier alpha value is -5.18. The molecule has 4 N–H and O–H groups in total. The molecule has 1 aliphatic rings. The lowest BCUT2D eigenvalue weighted by Crippen LogP contribution is -2.50. The number of carbonyl (C=O) groups excluding carboxylic acids is 1. The number of H-pyrrole nitrogens is 1. The largest absolute Gasteiger partial charge is 0.494 e. The van der Waals surface area contributed by atoms with Gasteiger partial charge in [0.05, 0.1) is 33.8 Å². The van der Waals surface area contributed by atoms with Gasteiger partial charge in [-0.3, -0.25) is 13.8 Å². The number of aromatic nitrogens is 1. The summed E-state index contributed by atoms with van der Waals surface area (Å²) in [6.07, 6.45) is 1.06. The summed E-state index contributed by atoms with van der Waals surface area (Å²) >= 11 is 0. The molecule has 0 aliphatic carbocycles. The molecule has 0 bridgehead atoms. The Bertz CT molecular complexity index is 2180. The zero-order valence-electron chi connectivity index (χ0n) is 26.0. The number of para-hydroxylation sites is 1. The average molecular weight is 687 g/mol. The number of benzene rings is 4. The van der Waals surface area contributed by atoms with Gasteiger partial charge in [0.15, 0.2) is 5.88 Å². The van der Waals surface area contributed by atoms with Crippen LogP contribution in [0.15, 0.2) is 113 Å². The number of fused-ring (bicyclic) bond motifs is 1. The lowest BCUT2D eigenvalue weighted by molar-refractivity contribution is -0.130. The Labute approximate surface area is 278 Å². The summed E-state index contributed by atoms with van der Waals surface area (Å²) in [5, 5.41) is 14.8. The molecule has 0 unspecified atom stereocenters. The summed E-state index contributed by atoms with van der Waals surface area (Å²) in [5.41, 5.74) is 2.93. The molecule has 4 aromatic carbocycles. The van der Waals surface area contributed by atoms with E-state index in [4.69, 9.17) is 4.99 Å². The highest BCUT2D eigenvalue weighted by molar-refractivity contribution is 7.92. The first kappa shape index (κ1) is 32.7. The molecule has 0 atom stereocenters. The number of aliphatic imine (C=N–C) groups is 1. The zero-order valence-corrected chi connectivity index (χ0v) is 27.6. The van der Waals surface area contributed by atoms with E-state index in [0.29, 0.717) is 65.4 Å². The first-order valence-electron chi connectivity index (χ1n) is 15.1. The molecule has 48 heavy (non-hydrogen) atoms. The van der Waals surface area contributed by atoms with Crippen molar-refractivity contribution in [2.75, 3.05) is 48.0 Å². The number of sulfonamides is 2. The van der Waals surface area contributed by atoms with Crippen molar-refractivity contribution < 1.29 is 26.7 Å². The van der Waals surface area contributed by atoms with Crippen molar-refractivity contribution in [3.05, 3.63) is 114 Å². The van der Waals surface area contributed by atoms with Crippen molar-refractivity contribution in [2.24, 2.45) is 4.99 Å². The van der Waals surface area contributed by atoms with E-state index in [2.05, 4.69) is 15.0 Å². The summed E-state index contributed by atoms with van der Waals surface area (Å²) in [4.78, 5) is 22.4. The van der Waals surface area contributed by atoms with E-state index in [1.54, 1.807) is 65.6 Å². The highest BCUT2D eigenvalue weighted by atomic mass is 32.2. The van der Waals surface area contributed by atoms with Crippen LogP contribution < -0.4 is 14.3 Å². The van der Waals surface area contributed by atoms with Gasteiger partial charge in [0, 0.05) is 48.3 Å². The standard InChI is InChI=1S/C34H34N6O6S2/c1-47(43,44)40(23-31(41)39-20-18-35-19-21-39)27-14-12-25(13-15-27)36-33(24-8-4-2-5-9-24)32-29-22-28(16-17-30(29)37-34(32)42)48(45,46)38-26-10-6-3-7-11-26/h2-17,22,35,37-38,42H,18-21,23H2,1H3. The molecule has 14 heteroatoms. The summed E-state index contributed by atoms with van der Waals surface area (Å²) in [6, 6.07) is 28.5. The number of anilines is 2. The maximum Gasteiger partial charge on any atom is 0.261 e. The minimum absolute atomic E-state index is 0.00732. The fraction of sp³-hybridized carbons (Fsp3) is 0.176. The maximum atomic E-state index is 13.3. The molecule has 1 saturated heterocycles. The number of piperazine rings is 1. The lowest BCUT2D eigenvalue weighted by Gasteiger charge is -2.30. The van der Waals surface area contributed by atoms with Gasteiger partial charge in [-0.2, -0.15) is 0 Å². The number of aromatic amines is 1. The van der Waals surface area contributed by atoms with Crippen LogP contribution in [0.5, 0.6) is 5.88 Å². The van der Waals surface area contributed by atoms with Crippen LogP contribution in [0.4, 0.5) is 17.1 Å². The third-order valence-corrected chi connectivity index (χ3v) is 10.4. The summed E-state index contributed by atoms with van der Waals surface area (Å²) in [6.45, 7) is 1.97. The topological polar surface area (TPSA) is 164 Å². The van der Waals surface area contributed by atoms with E-state index < -0.39 is 20.0 Å². The number of nitrogens with zero attached hydrogens (tertiary/aromatic N) is 3. The van der Waals surface area contributed by atoms with Gasteiger partial charge in [0.1, 0.15) is 6.54 Å². The molecule has 12 nitrogen and oxygen atoms in total. The molecule has 1 aliphatic heterocycles. The number of hydrogen-bond acceptors (Lipinski definition) is 8. The second kappa shape index (κ2) is 13.5. The molecular formula is C34H34N6O6S2. The number of rotatable bonds is 10. The summed E-state index contributed by atoms with van der Waals surface area (Å²) in [5.74, 6) is -0.491. The Morgan fingerprint density at radius 3 is 2.19 bits per heavy atom. The number of aromatic hydroxyl groups is 1. The van der Waals surface area contributed by atoms with Crippen LogP contribution in [-0.4, -0.2) is 82.4 Å². The molecule has 248 valence electrons. The number of nitrogens with one attached hydrogen (secondary N) is 3. The molecule has 1 aromatic heterocycles. The number of hydrogen-bond donors (Lipinski definition) is 4. The quantitative estimate of drug-likeness (QED) is 0.161. The molecule has 5 aromatic rings. The number of amides is 1. The van der Waals surface area contributed by atoms with Crippen molar-refractivity contribution in [2.45, 2.75) is 4.90 Å². The van der Waals surface area contributed by atoms with Gasteiger partial charge >= 0.3 is 0 Å². The van der Waals surface area contributed by atoms with Crippen LogP contribution in [0, 0.1) is 0 Å². The van der Waals surface area contributed by atoms with Crippen molar-refractivity contribution >= 4 is 59.6 Å². The zero-order chi connectivity index (χ0) is 33.9. The van der Waals surface area contributed by atoms with Gasteiger partial charge in [-0.05, 0) is 54.6 Å².